The maximum absolute atomic E-state index is 11.1. The number of carbonyl (C=O) groups is 1. The Hall–Kier alpha value is -1.76. The molecule has 0 aromatic carbocycles. The third-order valence-corrected chi connectivity index (χ3v) is 3.70. The Morgan fingerprint density at radius 2 is 2.06 bits per heavy atom. The van der Waals surface area contributed by atoms with E-state index in [1.807, 2.05) is 27.7 Å². The van der Waals surface area contributed by atoms with Crippen molar-refractivity contribution in [2.24, 2.45) is 0 Å². The molecule has 0 fully saturated rings. The van der Waals surface area contributed by atoms with Crippen molar-refractivity contribution in [1.82, 2.24) is 20.0 Å². The summed E-state index contributed by atoms with van der Waals surface area (Å²) in [7, 11) is 0. The Morgan fingerprint density at radius 1 is 1.39 bits per heavy atom. The van der Waals surface area contributed by atoms with E-state index in [2.05, 4.69) is 15.3 Å². The van der Waals surface area contributed by atoms with Gasteiger partial charge in [0.25, 0.3) is 0 Å². The van der Waals surface area contributed by atoms with Crippen molar-refractivity contribution >= 4 is 17.3 Å². The van der Waals surface area contributed by atoms with Gasteiger partial charge >= 0.3 is 5.97 Å². The molecule has 0 unspecified atom stereocenters. The number of aromatic nitrogens is 4. The minimum atomic E-state index is -1.06. The largest absolute Gasteiger partial charge is 0.476 e. The fraction of sp³-hybridized carbons (Fsp3) is 0.455. The summed E-state index contributed by atoms with van der Waals surface area (Å²) in [6, 6.07) is 0. The molecular weight excluding hydrogens is 252 g/mol. The number of aryl methyl sites for hydroxylation is 2. The molecule has 0 aliphatic carbocycles. The van der Waals surface area contributed by atoms with E-state index >= 15 is 0 Å². The van der Waals surface area contributed by atoms with Crippen LogP contribution in [0.15, 0.2) is 0 Å². The van der Waals surface area contributed by atoms with Crippen molar-refractivity contribution in [3.05, 3.63) is 22.0 Å². The first kappa shape index (κ1) is 12.7. The van der Waals surface area contributed by atoms with E-state index < -0.39 is 5.97 Å². The number of nitrogens with zero attached hydrogens (tertiary/aromatic N) is 4. The van der Waals surface area contributed by atoms with Crippen molar-refractivity contribution in [2.75, 3.05) is 0 Å². The van der Waals surface area contributed by atoms with Gasteiger partial charge in [-0.1, -0.05) is 30.4 Å². The van der Waals surface area contributed by atoms with Crippen molar-refractivity contribution in [3.63, 3.8) is 0 Å². The molecule has 0 radical (unpaired) electrons. The number of carboxylic acid groups (broad SMARTS) is 1. The third kappa shape index (κ3) is 2.01. The highest BCUT2D eigenvalue weighted by Gasteiger charge is 2.23. The third-order valence-electron chi connectivity index (χ3n) is 2.65. The van der Waals surface area contributed by atoms with E-state index in [4.69, 9.17) is 5.11 Å². The van der Waals surface area contributed by atoms with Crippen LogP contribution in [0.5, 0.6) is 0 Å². The fourth-order valence-electron chi connectivity index (χ4n) is 1.65. The van der Waals surface area contributed by atoms with E-state index in [9.17, 15) is 4.79 Å². The minimum Gasteiger partial charge on any atom is -0.476 e. The lowest BCUT2D eigenvalue weighted by atomic mass is 10.1. The molecule has 0 aliphatic rings. The van der Waals surface area contributed by atoms with Gasteiger partial charge < -0.3 is 5.11 Å². The molecule has 0 atom stereocenters. The van der Waals surface area contributed by atoms with Gasteiger partial charge in [0.15, 0.2) is 5.69 Å². The zero-order chi connectivity index (χ0) is 13.4. The summed E-state index contributed by atoms with van der Waals surface area (Å²) in [5, 5.41) is 17.4. The van der Waals surface area contributed by atoms with Gasteiger partial charge in [-0.2, -0.15) is 4.68 Å². The topological polar surface area (TPSA) is 80.9 Å². The maximum Gasteiger partial charge on any atom is 0.358 e. The van der Waals surface area contributed by atoms with Gasteiger partial charge in [0.05, 0.1) is 11.4 Å². The molecule has 1 N–H and O–H groups in total. The van der Waals surface area contributed by atoms with E-state index in [-0.39, 0.29) is 11.6 Å². The Bertz CT molecular complexity index is 581. The van der Waals surface area contributed by atoms with Crippen LogP contribution in [-0.4, -0.2) is 31.1 Å². The lowest BCUT2D eigenvalue weighted by Gasteiger charge is -2.06. The summed E-state index contributed by atoms with van der Waals surface area (Å²) in [5.41, 5.74) is 1.50. The van der Waals surface area contributed by atoms with Crippen molar-refractivity contribution in [1.29, 1.82) is 0 Å². The van der Waals surface area contributed by atoms with Gasteiger partial charge in [-0.3, -0.25) is 0 Å². The van der Waals surface area contributed by atoms with E-state index in [1.54, 1.807) is 0 Å². The van der Waals surface area contributed by atoms with Crippen LogP contribution in [0.3, 0.4) is 0 Å². The maximum atomic E-state index is 11.1. The summed E-state index contributed by atoms with van der Waals surface area (Å²) >= 11 is 1.48. The summed E-state index contributed by atoms with van der Waals surface area (Å²) in [6.07, 6.45) is 0. The lowest BCUT2D eigenvalue weighted by Crippen LogP contribution is -2.08. The molecular formula is C11H14N4O2S. The van der Waals surface area contributed by atoms with E-state index in [0.29, 0.717) is 10.8 Å². The van der Waals surface area contributed by atoms with Crippen molar-refractivity contribution in [2.45, 2.75) is 33.6 Å². The van der Waals surface area contributed by atoms with Crippen LogP contribution in [-0.2, 0) is 0 Å². The first-order chi connectivity index (χ1) is 8.41. The smallest absolute Gasteiger partial charge is 0.358 e. The minimum absolute atomic E-state index is 0.00416. The monoisotopic (exact) mass is 266 g/mol. The second kappa shape index (κ2) is 4.49. The summed E-state index contributed by atoms with van der Waals surface area (Å²) in [4.78, 5) is 16.6. The molecule has 2 rings (SSSR count). The van der Waals surface area contributed by atoms with Crippen LogP contribution < -0.4 is 0 Å². The normalized spacial score (nSPS) is 11.2. The highest BCUT2D eigenvalue weighted by atomic mass is 32.1. The molecule has 0 saturated heterocycles. The van der Waals surface area contributed by atoms with Gasteiger partial charge in [-0.05, 0) is 19.8 Å². The van der Waals surface area contributed by atoms with Crippen molar-refractivity contribution < 1.29 is 9.90 Å². The SMILES string of the molecule is Cc1nc(-n2nnc(C(=O)O)c2C(C)C)sc1C. The highest BCUT2D eigenvalue weighted by Crippen LogP contribution is 2.25. The molecule has 96 valence electrons. The number of rotatable bonds is 3. The Morgan fingerprint density at radius 3 is 2.50 bits per heavy atom. The molecule has 2 heterocycles. The zero-order valence-corrected chi connectivity index (χ0v) is 11.4. The molecule has 0 saturated carbocycles. The molecule has 0 aliphatic heterocycles. The van der Waals surface area contributed by atoms with Crippen LogP contribution in [0, 0.1) is 13.8 Å². The number of hydrogen-bond donors (Lipinski definition) is 1. The quantitative estimate of drug-likeness (QED) is 0.920. The summed E-state index contributed by atoms with van der Waals surface area (Å²) in [6.45, 7) is 7.71. The summed E-state index contributed by atoms with van der Waals surface area (Å²) in [5.74, 6) is -1.05. The predicted molar refractivity (Wildman–Crippen MR) is 67.6 cm³/mol. The number of carboxylic acids is 1. The van der Waals surface area contributed by atoms with Crippen LogP contribution in [0.1, 0.15) is 46.5 Å². The fourth-order valence-corrected chi connectivity index (χ4v) is 2.52. The lowest BCUT2D eigenvalue weighted by molar-refractivity contribution is 0.0688. The second-order valence-corrected chi connectivity index (χ2v) is 5.51. The highest BCUT2D eigenvalue weighted by molar-refractivity contribution is 7.14. The molecule has 18 heavy (non-hydrogen) atoms. The van der Waals surface area contributed by atoms with Crippen LogP contribution in [0.2, 0.25) is 0 Å². The Balaban J connectivity index is 2.61. The molecule has 0 amide bonds. The van der Waals surface area contributed by atoms with Crippen LogP contribution >= 0.6 is 11.3 Å². The zero-order valence-electron chi connectivity index (χ0n) is 10.6. The Labute approximate surface area is 108 Å². The number of aromatic carboxylic acids is 1. The molecule has 0 spiro atoms. The molecule has 6 nitrogen and oxygen atoms in total. The van der Waals surface area contributed by atoms with Gasteiger partial charge in [0.1, 0.15) is 0 Å². The average molecular weight is 266 g/mol. The van der Waals surface area contributed by atoms with Crippen LogP contribution in [0.25, 0.3) is 5.13 Å². The van der Waals surface area contributed by atoms with Gasteiger partial charge in [-0.15, -0.1) is 5.10 Å². The van der Waals surface area contributed by atoms with Crippen LogP contribution in [0.4, 0.5) is 0 Å². The van der Waals surface area contributed by atoms with Gasteiger partial charge in [-0.25, -0.2) is 9.78 Å². The van der Waals surface area contributed by atoms with E-state index in [1.165, 1.54) is 16.0 Å². The molecule has 2 aromatic heterocycles. The first-order valence-electron chi connectivity index (χ1n) is 5.55. The average Bonchev–Trinajstić information content (AvgIpc) is 2.83. The summed E-state index contributed by atoms with van der Waals surface area (Å²) < 4.78 is 1.53. The van der Waals surface area contributed by atoms with E-state index in [0.717, 1.165) is 10.6 Å². The standard InChI is InChI=1S/C11H14N4O2S/c1-5(2)9-8(10(16)17)13-14-15(9)11-12-6(3)7(4)18-11/h5H,1-4H3,(H,16,17). The number of hydrogen-bond acceptors (Lipinski definition) is 5. The van der Waals surface area contributed by atoms with Crippen molar-refractivity contribution in [3.8, 4) is 5.13 Å². The molecule has 0 bridgehead atoms. The Kier molecular flexibility index (Phi) is 3.16. The first-order valence-corrected chi connectivity index (χ1v) is 6.36. The van der Waals surface area contributed by atoms with Gasteiger partial charge in [0, 0.05) is 4.88 Å². The molecule has 2 aromatic rings. The second-order valence-electron chi connectivity index (χ2n) is 4.33. The van der Waals surface area contributed by atoms with Gasteiger partial charge in [0.2, 0.25) is 5.13 Å². The predicted octanol–water partition coefficient (Wildman–Crippen LogP) is 2.16. The molecule has 7 heteroatoms. The number of thiazole rings is 1.